The SMILES string of the molecule is Cl.Cn1cc(N2CCC(NC(=O)C(C)(N)c3ccccc3)C2=O)cn1. The summed E-state index contributed by atoms with van der Waals surface area (Å²) in [5.74, 6) is -0.500. The zero-order valence-electron chi connectivity index (χ0n) is 14.2. The molecule has 1 saturated heterocycles. The molecule has 0 bridgehead atoms. The number of amides is 2. The van der Waals surface area contributed by atoms with Crippen molar-refractivity contribution in [3.05, 3.63) is 48.3 Å². The highest BCUT2D eigenvalue weighted by Crippen LogP contribution is 2.22. The molecule has 134 valence electrons. The molecule has 1 aromatic heterocycles. The summed E-state index contributed by atoms with van der Waals surface area (Å²) in [7, 11) is 1.79. The summed E-state index contributed by atoms with van der Waals surface area (Å²) in [6, 6.07) is 8.57. The lowest BCUT2D eigenvalue weighted by molar-refractivity contribution is -0.130. The predicted octanol–water partition coefficient (Wildman–Crippen LogP) is 0.937. The van der Waals surface area contributed by atoms with Crippen molar-refractivity contribution in [3.8, 4) is 0 Å². The fourth-order valence-electron chi connectivity index (χ4n) is 2.84. The van der Waals surface area contributed by atoms with E-state index in [1.165, 1.54) is 0 Å². The number of nitrogens with two attached hydrogens (primary N) is 1. The number of rotatable bonds is 4. The highest BCUT2D eigenvalue weighted by molar-refractivity contribution is 6.02. The monoisotopic (exact) mass is 363 g/mol. The third-order valence-electron chi connectivity index (χ3n) is 4.36. The Morgan fingerprint density at radius 2 is 2.04 bits per heavy atom. The first kappa shape index (κ1) is 19.0. The first-order valence-corrected chi connectivity index (χ1v) is 7.85. The fourth-order valence-corrected chi connectivity index (χ4v) is 2.84. The number of aryl methyl sites for hydroxylation is 1. The van der Waals surface area contributed by atoms with Crippen LogP contribution in [0.2, 0.25) is 0 Å². The smallest absolute Gasteiger partial charge is 0.249 e. The van der Waals surface area contributed by atoms with Gasteiger partial charge in [-0.05, 0) is 18.9 Å². The molecule has 1 fully saturated rings. The van der Waals surface area contributed by atoms with E-state index in [0.717, 1.165) is 5.69 Å². The van der Waals surface area contributed by atoms with Crippen LogP contribution >= 0.6 is 12.4 Å². The van der Waals surface area contributed by atoms with Crippen molar-refractivity contribution in [2.45, 2.75) is 24.9 Å². The lowest BCUT2D eigenvalue weighted by Gasteiger charge is -2.25. The van der Waals surface area contributed by atoms with Crippen molar-refractivity contribution in [3.63, 3.8) is 0 Å². The van der Waals surface area contributed by atoms with Crippen molar-refractivity contribution in [1.29, 1.82) is 0 Å². The van der Waals surface area contributed by atoms with Gasteiger partial charge in [0.1, 0.15) is 11.6 Å². The Hall–Kier alpha value is -2.38. The van der Waals surface area contributed by atoms with Gasteiger partial charge in [0, 0.05) is 19.8 Å². The molecule has 7 nitrogen and oxygen atoms in total. The number of benzene rings is 1. The van der Waals surface area contributed by atoms with Crippen LogP contribution in [-0.2, 0) is 22.2 Å². The summed E-state index contributed by atoms with van der Waals surface area (Å²) in [6.07, 6.45) is 3.96. The Morgan fingerprint density at radius 1 is 1.36 bits per heavy atom. The van der Waals surface area contributed by atoms with Crippen LogP contribution in [0.3, 0.4) is 0 Å². The average molecular weight is 364 g/mol. The second-order valence-corrected chi connectivity index (χ2v) is 6.25. The number of halogens is 1. The summed E-state index contributed by atoms with van der Waals surface area (Å²) in [4.78, 5) is 26.8. The molecular formula is C17H22ClN5O2. The van der Waals surface area contributed by atoms with Gasteiger partial charge in [-0.1, -0.05) is 30.3 Å². The van der Waals surface area contributed by atoms with E-state index >= 15 is 0 Å². The fraction of sp³-hybridized carbons (Fsp3) is 0.353. The van der Waals surface area contributed by atoms with Crippen LogP contribution in [0.5, 0.6) is 0 Å². The Balaban J connectivity index is 0.00000225. The maximum Gasteiger partial charge on any atom is 0.249 e. The third-order valence-corrected chi connectivity index (χ3v) is 4.36. The van der Waals surface area contributed by atoms with Gasteiger partial charge < -0.3 is 16.0 Å². The Labute approximate surface area is 152 Å². The minimum Gasteiger partial charge on any atom is -0.342 e. The number of carbonyl (C=O) groups is 2. The molecule has 1 aliphatic rings. The Morgan fingerprint density at radius 3 is 2.64 bits per heavy atom. The summed E-state index contributed by atoms with van der Waals surface area (Å²) in [5.41, 5.74) is 6.45. The van der Waals surface area contributed by atoms with Crippen LogP contribution in [0.1, 0.15) is 18.9 Å². The first-order valence-electron chi connectivity index (χ1n) is 7.85. The first-order chi connectivity index (χ1) is 11.4. The largest absolute Gasteiger partial charge is 0.342 e. The summed E-state index contributed by atoms with van der Waals surface area (Å²) >= 11 is 0. The number of nitrogens with zero attached hydrogens (tertiary/aromatic N) is 3. The summed E-state index contributed by atoms with van der Waals surface area (Å²) < 4.78 is 1.64. The van der Waals surface area contributed by atoms with Crippen molar-refractivity contribution in [1.82, 2.24) is 15.1 Å². The van der Waals surface area contributed by atoms with Gasteiger partial charge in [-0.15, -0.1) is 12.4 Å². The van der Waals surface area contributed by atoms with Gasteiger partial charge in [-0.2, -0.15) is 5.10 Å². The molecule has 2 unspecified atom stereocenters. The molecule has 2 aromatic rings. The zero-order valence-corrected chi connectivity index (χ0v) is 15.0. The minimum absolute atomic E-state index is 0. The molecule has 1 aliphatic heterocycles. The van der Waals surface area contributed by atoms with Gasteiger partial charge in [-0.3, -0.25) is 14.3 Å². The van der Waals surface area contributed by atoms with E-state index < -0.39 is 11.6 Å². The molecular weight excluding hydrogens is 342 g/mol. The molecule has 0 aliphatic carbocycles. The number of carbonyl (C=O) groups excluding carboxylic acids is 2. The van der Waals surface area contributed by atoms with E-state index in [1.807, 2.05) is 18.2 Å². The van der Waals surface area contributed by atoms with Crippen LogP contribution in [0.25, 0.3) is 0 Å². The standard InChI is InChI=1S/C17H21N5O2.ClH/c1-17(18,12-6-4-3-5-7-12)16(24)20-14-8-9-22(15(14)23)13-10-19-21(2)11-13;/h3-7,10-11,14H,8-9,18H2,1-2H3,(H,20,24);1H. The molecule has 0 saturated carbocycles. The maximum atomic E-state index is 12.6. The number of hydrogen-bond acceptors (Lipinski definition) is 4. The van der Waals surface area contributed by atoms with Crippen LogP contribution in [0, 0.1) is 0 Å². The number of aromatic nitrogens is 2. The normalized spacial score (nSPS) is 19.2. The number of anilines is 1. The minimum atomic E-state index is -1.19. The second kappa shape index (κ2) is 7.25. The van der Waals surface area contributed by atoms with E-state index in [2.05, 4.69) is 10.4 Å². The Kier molecular flexibility index (Phi) is 5.49. The molecule has 1 aromatic carbocycles. The van der Waals surface area contributed by atoms with Crippen molar-refractivity contribution < 1.29 is 9.59 Å². The van der Waals surface area contributed by atoms with Gasteiger partial charge in [-0.25, -0.2) is 0 Å². The molecule has 0 radical (unpaired) electrons. The topological polar surface area (TPSA) is 93.2 Å². The highest BCUT2D eigenvalue weighted by Gasteiger charge is 2.38. The lowest BCUT2D eigenvalue weighted by atomic mass is 9.92. The molecule has 2 heterocycles. The van der Waals surface area contributed by atoms with Crippen LogP contribution in [-0.4, -0.2) is 34.2 Å². The quantitative estimate of drug-likeness (QED) is 0.845. The van der Waals surface area contributed by atoms with E-state index in [9.17, 15) is 9.59 Å². The number of hydrogen-bond donors (Lipinski definition) is 2. The van der Waals surface area contributed by atoms with E-state index in [0.29, 0.717) is 18.5 Å². The number of nitrogens with one attached hydrogen (secondary N) is 1. The van der Waals surface area contributed by atoms with E-state index in [4.69, 9.17) is 5.73 Å². The van der Waals surface area contributed by atoms with E-state index in [1.54, 1.807) is 48.1 Å². The summed E-state index contributed by atoms with van der Waals surface area (Å²) in [6.45, 7) is 2.19. The summed E-state index contributed by atoms with van der Waals surface area (Å²) in [5, 5.41) is 6.87. The van der Waals surface area contributed by atoms with Crippen LogP contribution in [0.4, 0.5) is 5.69 Å². The van der Waals surface area contributed by atoms with Gasteiger partial charge in [0.05, 0.1) is 11.9 Å². The van der Waals surface area contributed by atoms with Gasteiger partial charge in [0.2, 0.25) is 11.8 Å². The van der Waals surface area contributed by atoms with Crippen LogP contribution in [0.15, 0.2) is 42.7 Å². The van der Waals surface area contributed by atoms with Gasteiger partial charge in [0.15, 0.2) is 0 Å². The molecule has 0 spiro atoms. The van der Waals surface area contributed by atoms with Gasteiger partial charge >= 0.3 is 0 Å². The van der Waals surface area contributed by atoms with E-state index in [-0.39, 0.29) is 24.2 Å². The molecule has 3 rings (SSSR count). The highest BCUT2D eigenvalue weighted by atomic mass is 35.5. The molecule has 3 N–H and O–H groups in total. The average Bonchev–Trinajstić information content (AvgIpc) is 3.15. The molecule has 2 amide bonds. The lowest BCUT2D eigenvalue weighted by Crippen LogP contribution is -2.53. The second-order valence-electron chi connectivity index (χ2n) is 6.25. The Bertz CT molecular complexity index is 759. The van der Waals surface area contributed by atoms with Crippen molar-refractivity contribution in [2.24, 2.45) is 12.8 Å². The maximum absolute atomic E-state index is 12.6. The van der Waals surface area contributed by atoms with Gasteiger partial charge in [0.25, 0.3) is 0 Å². The predicted molar refractivity (Wildman–Crippen MR) is 97.3 cm³/mol. The molecule has 8 heteroatoms. The molecule has 2 atom stereocenters. The van der Waals surface area contributed by atoms with Crippen molar-refractivity contribution in [2.75, 3.05) is 11.4 Å². The van der Waals surface area contributed by atoms with Crippen molar-refractivity contribution >= 4 is 29.9 Å². The zero-order chi connectivity index (χ0) is 17.3. The van der Waals surface area contributed by atoms with Crippen LogP contribution < -0.4 is 16.0 Å². The molecule has 25 heavy (non-hydrogen) atoms. The third kappa shape index (κ3) is 3.67.